The smallest absolute Gasteiger partial charge is 0.331 e. The zero-order chi connectivity index (χ0) is 17.1. The van der Waals surface area contributed by atoms with Crippen LogP contribution in [0, 0.1) is 0 Å². The Balaban J connectivity index is 0.000000141. The number of fused-ring (bicyclic) bond motifs is 2. The highest BCUT2D eigenvalue weighted by molar-refractivity contribution is 6.08. The van der Waals surface area contributed by atoms with Gasteiger partial charge in [-0.2, -0.15) is 0 Å². The summed E-state index contributed by atoms with van der Waals surface area (Å²) < 4.78 is 0. The summed E-state index contributed by atoms with van der Waals surface area (Å²) in [4.78, 5) is 21.1. The van der Waals surface area contributed by atoms with E-state index in [-0.39, 0.29) is 0 Å². The first-order chi connectivity index (χ1) is 11.5. The van der Waals surface area contributed by atoms with Crippen molar-refractivity contribution in [3.05, 3.63) is 46.8 Å². The maximum atomic E-state index is 10.5. The Kier molecular flexibility index (Phi) is 4.01. The van der Waals surface area contributed by atoms with Gasteiger partial charge in [-0.1, -0.05) is 0 Å². The van der Waals surface area contributed by atoms with Gasteiger partial charge in [-0.05, 0) is 34.8 Å². The predicted molar refractivity (Wildman–Crippen MR) is 81.4 cm³/mol. The number of hydrogen-bond acceptors (Lipinski definition) is 8. The zero-order valence-electron chi connectivity index (χ0n) is 12.1. The molecule has 0 radical (unpaired) electrons. The van der Waals surface area contributed by atoms with E-state index >= 15 is 0 Å². The summed E-state index contributed by atoms with van der Waals surface area (Å²) in [7, 11) is 0. The molecule has 0 spiro atoms. The molecule has 4 rings (SSSR count). The molecule has 4 aliphatic rings. The fraction of sp³-hybridized carbons (Fsp3) is 0.143. The molecule has 0 aromatic rings. The van der Waals surface area contributed by atoms with Gasteiger partial charge in [0, 0.05) is 24.0 Å². The van der Waals surface area contributed by atoms with Crippen LogP contribution >= 0.6 is 0 Å². The van der Waals surface area contributed by atoms with Crippen LogP contribution in [0.2, 0.25) is 0 Å². The number of carbonyl (C=O) groups is 2. The summed E-state index contributed by atoms with van der Waals surface area (Å²) in [5, 5.41) is 38.9. The molecule has 0 bridgehead atoms. The average Bonchev–Trinajstić information content (AvgIpc) is 3.22. The second kappa shape index (κ2) is 6.28. The Morgan fingerprint density at radius 1 is 0.750 bits per heavy atom. The molecule has 0 saturated heterocycles. The van der Waals surface area contributed by atoms with Crippen molar-refractivity contribution < 1.29 is 19.8 Å². The van der Waals surface area contributed by atoms with Gasteiger partial charge >= 0.3 is 11.9 Å². The number of allylic oxidation sites excluding steroid dienone is 6. The first kappa shape index (κ1) is 15.3. The maximum Gasteiger partial charge on any atom is 0.331 e. The van der Waals surface area contributed by atoms with Gasteiger partial charge < -0.3 is 10.2 Å². The Bertz CT molecular complexity index is 798. The van der Waals surface area contributed by atoms with Crippen molar-refractivity contribution in [1.82, 2.24) is 0 Å². The highest BCUT2D eigenvalue weighted by Crippen LogP contribution is 2.22. The fourth-order valence-corrected chi connectivity index (χ4v) is 2.11. The van der Waals surface area contributed by atoms with Crippen LogP contribution in [-0.4, -0.2) is 33.6 Å². The molecule has 0 aromatic carbocycles. The number of carboxylic acids is 2. The molecule has 120 valence electrons. The standard InChI is InChI=1S/2C7H5N3O2/c2*11-7(12)4-1-2-5-6(3-4)9-10-8-5/h2*1-2H,3H2,(H,11,12). The highest BCUT2D eigenvalue weighted by Gasteiger charge is 2.21. The molecule has 0 atom stereocenters. The van der Waals surface area contributed by atoms with Gasteiger partial charge in [0.1, 0.15) is 11.4 Å². The van der Waals surface area contributed by atoms with Crippen molar-refractivity contribution in [3.8, 4) is 0 Å². The predicted octanol–water partition coefficient (Wildman–Crippen LogP) is 2.21. The van der Waals surface area contributed by atoms with Gasteiger partial charge in [0.25, 0.3) is 0 Å². The second-order valence-corrected chi connectivity index (χ2v) is 4.92. The lowest BCUT2D eigenvalue weighted by molar-refractivity contribution is -0.133. The van der Waals surface area contributed by atoms with E-state index in [1.54, 1.807) is 12.2 Å². The fourth-order valence-electron chi connectivity index (χ4n) is 2.11. The molecule has 24 heavy (non-hydrogen) atoms. The van der Waals surface area contributed by atoms with Gasteiger partial charge in [-0.25, -0.2) is 9.59 Å². The average molecular weight is 326 g/mol. The summed E-state index contributed by atoms with van der Waals surface area (Å²) in [6.07, 6.45) is 6.91. The van der Waals surface area contributed by atoms with Crippen molar-refractivity contribution in [1.29, 1.82) is 0 Å². The molecule has 0 aromatic heterocycles. The Morgan fingerprint density at radius 3 is 1.54 bits per heavy atom. The van der Waals surface area contributed by atoms with Crippen LogP contribution in [0.3, 0.4) is 0 Å². The maximum absolute atomic E-state index is 10.5. The largest absolute Gasteiger partial charge is 0.478 e. The minimum Gasteiger partial charge on any atom is -0.478 e. The molecule has 2 aliphatic carbocycles. The second-order valence-electron chi connectivity index (χ2n) is 4.92. The van der Waals surface area contributed by atoms with Crippen molar-refractivity contribution >= 4 is 23.4 Å². The summed E-state index contributed by atoms with van der Waals surface area (Å²) in [6.45, 7) is 0. The summed E-state index contributed by atoms with van der Waals surface area (Å²) in [5.74, 6) is -1.83. The first-order valence-electron chi connectivity index (χ1n) is 6.79. The summed E-state index contributed by atoms with van der Waals surface area (Å²) in [5.41, 5.74) is 3.25. The molecule has 0 fully saturated rings. The van der Waals surface area contributed by atoms with Gasteiger partial charge in [0.05, 0.1) is 11.4 Å². The molecule has 0 saturated carbocycles. The minimum absolute atomic E-state index is 0.314. The monoisotopic (exact) mass is 326 g/mol. The lowest BCUT2D eigenvalue weighted by Crippen LogP contribution is -2.10. The normalized spacial score (nSPS) is 19.5. The van der Waals surface area contributed by atoms with Crippen molar-refractivity contribution in [2.24, 2.45) is 30.9 Å². The number of aliphatic carboxylic acids is 2. The number of hydrogen-bond donors (Lipinski definition) is 2. The Morgan fingerprint density at radius 2 is 1.17 bits per heavy atom. The topological polar surface area (TPSA) is 149 Å². The summed E-state index contributed by atoms with van der Waals surface area (Å²) in [6, 6.07) is 0. The third-order valence-electron chi connectivity index (χ3n) is 3.38. The van der Waals surface area contributed by atoms with Gasteiger partial charge in [0.2, 0.25) is 0 Å². The number of nitrogens with zero attached hydrogens (tertiary/aromatic N) is 6. The van der Waals surface area contributed by atoms with Crippen LogP contribution in [-0.2, 0) is 9.59 Å². The Labute approximate surface area is 134 Å². The minimum atomic E-state index is -0.917. The van der Waals surface area contributed by atoms with Crippen LogP contribution in [0.4, 0.5) is 0 Å². The lowest BCUT2D eigenvalue weighted by atomic mass is 10.0. The van der Waals surface area contributed by atoms with Crippen molar-refractivity contribution in [2.75, 3.05) is 0 Å². The molecule has 2 heterocycles. The molecular weight excluding hydrogens is 316 g/mol. The third-order valence-corrected chi connectivity index (χ3v) is 3.38. The SMILES string of the molecule is O=C(O)C1=CC=C2N=NN=C2C1.O=C(O)C1=CC=C2N=NN=C2C1. The first-order valence-corrected chi connectivity index (χ1v) is 6.79. The molecule has 10 nitrogen and oxygen atoms in total. The van der Waals surface area contributed by atoms with Crippen LogP contribution in [0.25, 0.3) is 0 Å². The molecule has 0 amide bonds. The molecule has 0 unspecified atom stereocenters. The van der Waals surface area contributed by atoms with Gasteiger partial charge in [-0.3, -0.25) is 0 Å². The highest BCUT2D eigenvalue weighted by atomic mass is 16.4. The Hall–Kier alpha value is -3.56. The number of carboxylic acid groups (broad SMARTS) is 2. The van der Waals surface area contributed by atoms with Gasteiger partial charge in [0.15, 0.2) is 0 Å². The van der Waals surface area contributed by atoms with Crippen LogP contribution in [0.5, 0.6) is 0 Å². The van der Waals surface area contributed by atoms with E-state index in [9.17, 15) is 9.59 Å². The van der Waals surface area contributed by atoms with E-state index in [1.165, 1.54) is 12.2 Å². The van der Waals surface area contributed by atoms with E-state index in [0.29, 0.717) is 46.8 Å². The van der Waals surface area contributed by atoms with E-state index in [4.69, 9.17) is 10.2 Å². The third kappa shape index (κ3) is 3.11. The number of rotatable bonds is 2. The quantitative estimate of drug-likeness (QED) is 0.799. The molecule has 2 N–H and O–H groups in total. The molecule has 2 aliphatic heterocycles. The van der Waals surface area contributed by atoms with E-state index in [1.807, 2.05) is 0 Å². The van der Waals surface area contributed by atoms with E-state index in [2.05, 4.69) is 30.9 Å². The van der Waals surface area contributed by atoms with Crippen molar-refractivity contribution in [3.63, 3.8) is 0 Å². The van der Waals surface area contributed by atoms with E-state index in [0.717, 1.165) is 0 Å². The lowest BCUT2D eigenvalue weighted by Gasteiger charge is -2.05. The summed E-state index contributed by atoms with van der Waals surface area (Å²) >= 11 is 0. The molecular formula is C14H10N6O4. The van der Waals surface area contributed by atoms with Crippen LogP contribution in [0.15, 0.2) is 77.7 Å². The van der Waals surface area contributed by atoms with Crippen LogP contribution in [0.1, 0.15) is 12.8 Å². The van der Waals surface area contributed by atoms with Crippen LogP contribution < -0.4 is 0 Å². The zero-order valence-corrected chi connectivity index (χ0v) is 12.1. The van der Waals surface area contributed by atoms with Crippen molar-refractivity contribution in [2.45, 2.75) is 12.8 Å². The molecule has 10 heteroatoms. The van der Waals surface area contributed by atoms with E-state index < -0.39 is 11.9 Å². The van der Waals surface area contributed by atoms with Gasteiger partial charge in [-0.15, -0.1) is 20.4 Å².